The summed E-state index contributed by atoms with van der Waals surface area (Å²) in [4.78, 5) is 2.33. The van der Waals surface area contributed by atoms with Gasteiger partial charge >= 0.3 is 0 Å². The van der Waals surface area contributed by atoms with Gasteiger partial charge in [0.25, 0.3) is 0 Å². The maximum atomic E-state index is 10.2. The molecule has 1 atom stereocenters. The average molecular weight is 307 g/mol. The van der Waals surface area contributed by atoms with Gasteiger partial charge in [0.05, 0.1) is 26.4 Å². The molecule has 1 aromatic carbocycles. The van der Waals surface area contributed by atoms with Crippen LogP contribution in [0.1, 0.15) is 33.3 Å². The number of ether oxygens (including phenoxy) is 2. The number of methoxy groups -OCH3 is 1. The smallest absolute Gasteiger partial charge is 0.118 e. The Morgan fingerprint density at radius 1 is 1.18 bits per heavy atom. The van der Waals surface area contributed by atoms with Crippen molar-refractivity contribution in [3.63, 3.8) is 0 Å². The molecule has 1 unspecified atom stereocenters. The topological polar surface area (TPSA) is 41.9 Å². The SMILES string of the molecule is COc1ccc(COCC(O)CN2CC(C)(C)C2(C)C)cc1. The van der Waals surface area contributed by atoms with Crippen molar-refractivity contribution < 1.29 is 14.6 Å². The van der Waals surface area contributed by atoms with Gasteiger partial charge in [-0.15, -0.1) is 0 Å². The molecule has 0 saturated carbocycles. The zero-order valence-electron chi connectivity index (χ0n) is 14.4. The van der Waals surface area contributed by atoms with Gasteiger partial charge in [-0.05, 0) is 37.0 Å². The molecule has 124 valence electrons. The van der Waals surface area contributed by atoms with Crippen molar-refractivity contribution in [1.82, 2.24) is 4.90 Å². The molecule has 1 aromatic rings. The second-order valence-corrected chi connectivity index (χ2v) is 7.34. The Hall–Kier alpha value is -1.10. The van der Waals surface area contributed by atoms with Crippen LogP contribution in [0.3, 0.4) is 0 Å². The van der Waals surface area contributed by atoms with Crippen LogP contribution in [0.5, 0.6) is 5.75 Å². The fourth-order valence-corrected chi connectivity index (χ4v) is 2.84. The van der Waals surface area contributed by atoms with Gasteiger partial charge in [0.1, 0.15) is 5.75 Å². The van der Waals surface area contributed by atoms with Crippen LogP contribution in [-0.2, 0) is 11.3 Å². The largest absolute Gasteiger partial charge is 0.497 e. The molecular formula is C18H29NO3. The lowest BCUT2D eigenvalue weighted by atomic mass is 9.65. The first-order chi connectivity index (χ1) is 10.3. The highest BCUT2D eigenvalue weighted by atomic mass is 16.5. The van der Waals surface area contributed by atoms with Crippen LogP contribution in [0.4, 0.5) is 0 Å². The third kappa shape index (κ3) is 3.62. The molecule has 22 heavy (non-hydrogen) atoms. The van der Waals surface area contributed by atoms with Crippen molar-refractivity contribution in [2.24, 2.45) is 5.41 Å². The minimum Gasteiger partial charge on any atom is -0.497 e. The average Bonchev–Trinajstić information content (AvgIpc) is 2.47. The highest BCUT2D eigenvalue weighted by Gasteiger charge is 2.52. The molecule has 0 bridgehead atoms. The molecular weight excluding hydrogens is 278 g/mol. The summed E-state index contributed by atoms with van der Waals surface area (Å²) in [6, 6.07) is 7.79. The van der Waals surface area contributed by atoms with Gasteiger partial charge in [-0.2, -0.15) is 0 Å². The third-order valence-corrected chi connectivity index (χ3v) is 5.20. The molecule has 1 saturated heterocycles. The number of nitrogens with zero attached hydrogens (tertiary/aromatic N) is 1. The second kappa shape index (κ2) is 6.57. The number of β-amino-alcohol motifs (C(OH)–C–C–N with tert-alkyl or cyclic N) is 1. The monoisotopic (exact) mass is 307 g/mol. The summed E-state index contributed by atoms with van der Waals surface area (Å²) in [5.74, 6) is 0.839. The summed E-state index contributed by atoms with van der Waals surface area (Å²) >= 11 is 0. The summed E-state index contributed by atoms with van der Waals surface area (Å²) in [6.07, 6.45) is -0.450. The Balaban J connectivity index is 1.71. The molecule has 1 heterocycles. The Labute approximate surface area is 134 Å². The first-order valence-electron chi connectivity index (χ1n) is 7.90. The molecule has 1 aliphatic rings. The van der Waals surface area contributed by atoms with Crippen molar-refractivity contribution in [3.8, 4) is 5.75 Å². The first kappa shape index (κ1) is 17.3. The van der Waals surface area contributed by atoms with E-state index in [0.717, 1.165) is 17.9 Å². The van der Waals surface area contributed by atoms with E-state index in [0.29, 0.717) is 25.2 Å². The molecule has 0 amide bonds. The number of aliphatic hydroxyl groups is 1. The molecule has 4 heteroatoms. The van der Waals surface area contributed by atoms with Gasteiger partial charge in [0.15, 0.2) is 0 Å². The predicted molar refractivity (Wildman–Crippen MR) is 88.1 cm³/mol. The van der Waals surface area contributed by atoms with E-state index >= 15 is 0 Å². The van der Waals surface area contributed by atoms with Gasteiger partial charge in [0.2, 0.25) is 0 Å². The quantitative estimate of drug-likeness (QED) is 0.841. The summed E-state index contributed by atoms with van der Waals surface area (Å²) in [6.45, 7) is 11.6. The van der Waals surface area contributed by atoms with Crippen LogP contribution >= 0.6 is 0 Å². The van der Waals surface area contributed by atoms with Gasteiger partial charge < -0.3 is 14.6 Å². The van der Waals surface area contributed by atoms with Crippen LogP contribution in [-0.4, -0.2) is 48.5 Å². The molecule has 0 spiro atoms. The normalized spacial score (nSPS) is 21.2. The van der Waals surface area contributed by atoms with E-state index in [1.54, 1.807) is 7.11 Å². The predicted octanol–water partition coefficient (Wildman–Crippen LogP) is 2.69. The van der Waals surface area contributed by atoms with Crippen molar-refractivity contribution in [2.45, 2.75) is 45.9 Å². The summed E-state index contributed by atoms with van der Waals surface area (Å²) in [5.41, 5.74) is 1.51. The standard InChI is InChI=1S/C18H29NO3/c1-17(2)13-19(18(17,3)4)10-15(20)12-22-11-14-6-8-16(21-5)9-7-14/h6-9,15,20H,10-13H2,1-5H3. The number of likely N-dealkylation sites (tertiary alicyclic amines) is 1. The van der Waals surface area contributed by atoms with Crippen molar-refractivity contribution in [2.75, 3.05) is 26.8 Å². The van der Waals surface area contributed by atoms with E-state index in [2.05, 4.69) is 32.6 Å². The fourth-order valence-electron chi connectivity index (χ4n) is 2.84. The van der Waals surface area contributed by atoms with Gasteiger partial charge in [-0.1, -0.05) is 26.0 Å². The molecule has 1 N–H and O–H groups in total. The Kier molecular flexibility index (Phi) is 5.15. The zero-order chi connectivity index (χ0) is 16.4. The van der Waals surface area contributed by atoms with Crippen molar-refractivity contribution in [3.05, 3.63) is 29.8 Å². The van der Waals surface area contributed by atoms with E-state index < -0.39 is 6.10 Å². The zero-order valence-corrected chi connectivity index (χ0v) is 14.4. The Morgan fingerprint density at radius 2 is 1.82 bits per heavy atom. The van der Waals surface area contributed by atoms with Crippen LogP contribution in [0.15, 0.2) is 24.3 Å². The number of aliphatic hydroxyl groups excluding tert-OH is 1. The lowest BCUT2D eigenvalue weighted by Gasteiger charge is -2.62. The molecule has 0 aliphatic carbocycles. The molecule has 4 nitrogen and oxygen atoms in total. The number of rotatable bonds is 7. The third-order valence-electron chi connectivity index (χ3n) is 5.20. The van der Waals surface area contributed by atoms with Crippen molar-refractivity contribution in [1.29, 1.82) is 0 Å². The van der Waals surface area contributed by atoms with Crippen LogP contribution < -0.4 is 4.74 Å². The van der Waals surface area contributed by atoms with Crippen molar-refractivity contribution >= 4 is 0 Å². The van der Waals surface area contributed by atoms with E-state index in [-0.39, 0.29) is 5.54 Å². The fraction of sp³-hybridized carbons (Fsp3) is 0.667. The van der Waals surface area contributed by atoms with Crippen LogP contribution in [0, 0.1) is 5.41 Å². The number of hydrogen-bond donors (Lipinski definition) is 1. The maximum Gasteiger partial charge on any atom is 0.118 e. The minimum atomic E-state index is -0.450. The lowest BCUT2D eigenvalue weighted by Crippen LogP contribution is -2.70. The molecule has 0 aromatic heterocycles. The van der Waals surface area contributed by atoms with E-state index in [4.69, 9.17) is 9.47 Å². The van der Waals surface area contributed by atoms with E-state index in [9.17, 15) is 5.11 Å². The van der Waals surface area contributed by atoms with Gasteiger partial charge in [-0.3, -0.25) is 4.90 Å². The van der Waals surface area contributed by atoms with E-state index in [1.165, 1.54) is 0 Å². The number of hydrogen-bond acceptors (Lipinski definition) is 4. The Morgan fingerprint density at radius 3 is 2.32 bits per heavy atom. The van der Waals surface area contributed by atoms with Gasteiger partial charge in [0, 0.05) is 18.6 Å². The summed E-state index contributed by atoms with van der Waals surface area (Å²) in [5, 5.41) is 10.2. The lowest BCUT2D eigenvalue weighted by molar-refractivity contribution is -0.137. The molecule has 1 aliphatic heterocycles. The molecule has 0 radical (unpaired) electrons. The summed E-state index contributed by atoms with van der Waals surface area (Å²) < 4.78 is 10.8. The molecule has 2 rings (SSSR count). The van der Waals surface area contributed by atoms with E-state index in [1.807, 2.05) is 24.3 Å². The van der Waals surface area contributed by atoms with Crippen LogP contribution in [0.2, 0.25) is 0 Å². The Bertz CT molecular complexity index is 482. The second-order valence-electron chi connectivity index (χ2n) is 7.34. The van der Waals surface area contributed by atoms with Crippen LogP contribution in [0.25, 0.3) is 0 Å². The maximum absolute atomic E-state index is 10.2. The highest BCUT2D eigenvalue weighted by molar-refractivity contribution is 5.26. The molecule has 1 fully saturated rings. The van der Waals surface area contributed by atoms with Gasteiger partial charge in [-0.25, -0.2) is 0 Å². The number of benzene rings is 1. The summed E-state index contributed by atoms with van der Waals surface area (Å²) in [7, 11) is 1.65. The minimum absolute atomic E-state index is 0.129. The highest BCUT2D eigenvalue weighted by Crippen LogP contribution is 2.46. The first-order valence-corrected chi connectivity index (χ1v) is 7.90.